The van der Waals surface area contributed by atoms with Crippen LogP contribution in [0, 0.1) is 6.92 Å². The molecule has 1 spiro atoms. The first-order valence-corrected chi connectivity index (χ1v) is 9.97. The van der Waals surface area contributed by atoms with Gasteiger partial charge in [-0.2, -0.15) is 0 Å². The quantitative estimate of drug-likeness (QED) is 0.586. The van der Waals surface area contributed by atoms with Gasteiger partial charge in [-0.05, 0) is 48.9 Å². The van der Waals surface area contributed by atoms with Crippen molar-refractivity contribution in [2.45, 2.75) is 25.4 Å². The van der Waals surface area contributed by atoms with E-state index in [0.29, 0.717) is 23.7 Å². The van der Waals surface area contributed by atoms with Crippen molar-refractivity contribution in [3.8, 4) is 11.4 Å². The van der Waals surface area contributed by atoms with Crippen LogP contribution in [0.4, 0.5) is 0 Å². The SMILES string of the molecule is Cc1ccc(C(=O)N2CCC3(CC2)Oc2ccccc2-n2cccc23)cc1Cl. The van der Waals surface area contributed by atoms with Crippen LogP contribution in [0.2, 0.25) is 5.02 Å². The Balaban J connectivity index is 1.40. The van der Waals surface area contributed by atoms with Crippen LogP contribution >= 0.6 is 11.6 Å². The number of para-hydroxylation sites is 2. The minimum absolute atomic E-state index is 0.0309. The number of carbonyl (C=O) groups excluding carboxylic acids is 1. The highest BCUT2D eigenvalue weighted by atomic mass is 35.5. The van der Waals surface area contributed by atoms with Crippen molar-refractivity contribution in [3.05, 3.63) is 82.6 Å². The second-order valence-electron chi connectivity index (χ2n) is 7.58. The number of rotatable bonds is 1. The molecule has 1 aromatic heterocycles. The molecular formula is C23H21ClN2O2. The van der Waals surface area contributed by atoms with E-state index in [1.807, 2.05) is 42.2 Å². The summed E-state index contributed by atoms with van der Waals surface area (Å²) in [5.41, 5.74) is 3.47. The van der Waals surface area contributed by atoms with Gasteiger partial charge in [0.2, 0.25) is 0 Å². The number of ether oxygens (including phenoxy) is 1. The average Bonchev–Trinajstić information content (AvgIpc) is 3.22. The van der Waals surface area contributed by atoms with Crippen LogP contribution in [0.15, 0.2) is 60.8 Å². The number of carbonyl (C=O) groups is 1. The van der Waals surface area contributed by atoms with Crippen LogP contribution < -0.4 is 4.74 Å². The number of hydrogen-bond donors (Lipinski definition) is 0. The van der Waals surface area contributed by atoms with E-state index in [2.05, 4.69) is 29.0 Å². The Kier molecular flexibility index (Phi) is 3.98. The molecule has 0 bridgehead atoms. The molecule has 0 N–H and O–H groups in total. The van der Waals surface area contributed by atoms with Crippen molar-refractivity contribution in [2.24, 2.45) is 0 Å². The predicted molar refractivity (Wildman–Crippen MR) is 109 cm³/mol. The molecule has 0 radical (unpaired) electrons. The molecule has 2 aliphatic heterocycles. The number of benzene rings is 2. The molecule has 0 unspecified atom stereocenters. The lowest BCUT2D eigenvalue weighted by Crippen LogP contribution is -2.50. The summed E-state index contributed by atoms with van der Waals surface area (Å²) in [6.45, 7) is 3.24. The van der Waals surface area contributed by atoms with Crippen LogP contribution in [-0.4, -0.2) is 28.5 Å². The summed E-state index contributed by atoms with van der Waals surface area (Å²) in [5, 5.41) is 0.629. The van der Waals surface area contributed by atoms with Gasteiger partial charge in [-0.1, -0.05) is 29.8 Å². The zero-order valence-corrected chi connectivity index (χ0v) is 16.4. The van der Waals surface area contributed by atoms with E-state index < -0.39 is 0 Å². The van der Waals surface area contributed by atoms with Gasteiger partial charge in [-0.15, -0.1) is 0 Å². The number of aryl methyl sites for hydroxylation is 1. The van der Waals surface area contributed by atoms with Crippen LogP contribution in [-0.2, 0) is 5.60 Å². The van der Waals surface area contributed by atoms with E-state index in [1.54, 1.807) is 6.07 Å². The minimum atomic E-state index is -0.389. The smallest absolute Gasteiger partial charge is 0.253 e. The molecule has 5 rings (SSSR count). The lowest BCUT2D eigenvalue weighted by molar-refractivity contribution is -0.00930. The normalized spacial score (nSPS) is 17.0. The van der Waals surface area contributed by atoms with Crippen molar-refractivity contribution >= 4 is 17.5 Å². The number of piperidine rings is 1. The molecule has 0 saturated carbocycles. The molecule has 0 atom stereocenters. The fourth-order valence-electron chi connectivity index (χ4n) is 4.31. The Hall–Kier alpha value is -2.72. The number of nitrogens with zero attached hydrogens (tertiary/aromatic N) is 2. The van der Waals surface area contributed by atoms with Gasteiger partial charge >= 0.3 is 0 Å². The predicted octanol–water partition coefficient (Wildman–Crippen LogP) is 4.96. The molecular weight excluding hydrogens is 372 g/mol. The Labute approximate surface area is 169 Å². The fraction of sp³-hybridized carbons (Fsp3) is 0.261. The third-order valence-corrected chi connectivity index (χ3v) is 6.33. The number of likely N-dealkylation sites (tertiary alicyclic amines) is 1. The van der Waals surface area contributed by atoms with Gasteiger partial charge in [0, 0.05) is 42.7 Å². The van der Waals surface area contributed by atoms with Crippen molar-refractivity contribution in [2.75, 3.05) is 13.1 Å². The summed E-state index contributed by atoms with van der Waals surface area (Å²) >= 11 is 6.21. The van der Waals surface area contributed by atoms with Gasteiger partial charge < -0.3 is 14.2 Å². The summed E-state index contributed by atoms with van der Waals surface area (Å²) in [6, 6.07) is 17.8. The first kappa shape index (κ1) is 17.4. The molecule has 142 valence electrons. The second-order valence-corrected chi connectivity index (χ2v) is 7.99. The molecule has 1 fully saturated rings. The number of aromatic nitrogens is 1. The van der Waals surface area contributed by atoms with Gasteiger partial charge in [0.05, 0.1) is 11.4 Å². The lowest BCUT2D eigenvalue weighted by Gasteiger charge is -2.45. The molecule has 0 aliphatic carbocycles. The molecule has 4 nitrogen and oxygen atoms in total. The zero-order chi connectivity index (χ0) is 19.3. The van der Waals surface area contributed by atoms with Gasteiger partial charge in [-0.3, -0.25) is 4.79 Å². The summed E-state index contributed by atoms with van der Waals surface area (Å²) in [5.74, 6) is 0.930. The van der Waals surface area contributed by atoms with Crippen molar-refractivity contribution < 1.29 is 9.53 Å². The summed E-state index contributed by atoms with van der Waals surface area (Å²) in [7, 11) is 0. The van der Waals surface area contributed by atoms with Crippen molar-refractivity contribution in [1.29, 1.82) is 0 Å². The zero-order valence-electron chi connectivity index (χ0n) is 15.7. The van der Waals surface area contributed by atoms with Gasteiger partial charge in [0.1, 0.15) is 5.75 Å². The fourth-order valence-corrected chi connectivity index (χ4v) is 4.49. The Morgan fingerprint density at radius 2 is 1.86 bits per heavy atom. The number of amides is 1. The maximum absolute atomic E-state index is 12.9. The van der Waals surface area contributed by atoms with Crippen molar-refractivity contribution in [3.63, 3.8) is 0 Å². The maximum Gasteiger partial charge on any atom is 0.253 e. The van der Waals surface area contributed by atoms with Gasteiger partial charge in [0.15, 0.2) is 5.60 Å². The lowest BCUT2D eigenvalue weighted by atomic mass is 9.86. The largest absolute Gasteiger partial charge is 0.479 e. The molecule has 1 amide bonds. The maximum atomic E-state index is 12.9. The first-order valence-electron chi connectivity index (χ1n) is 9.59. The standard InChI is InChI=1S/C23H21ClN2O2/c1-16-8-9-17(15-18(16)24)22(27)25-13-10-23(11-14-25)21-7-4-12-26(21)19-5-2-3-6-20(19)28-23/h2-9,12,15H,10-11,13-14H2,1H3. The van der Waals surface area contributed by atoms with Crippen LogP contribution in [0.5, 0.6) is 5.75 Å². The topological polar surface area (TPSA) is 34.5 Å². The summed E-state index contributed by atoms with van der Waals surface area (Å²) in [6.07, 6.45) is 3.61. The highest BCUT2D eigenvalue weighted by Crippen LogP contribution is 2.45. The molecule has 3 heterocycles. The number of halogens is 1. The number of hydrogen-bond acceptors (Lipinski definition) is 2. The van der Waals surface area contributed by atoms with E-state index in [4.69, 9.17) is 16.3 Å². The van der Waals surface area contributed by atoms with E-state index in [1.165, 1.54) is 0 Å². The molecule has 2 aliphatic rings. The molecule has 28 heavy (non-hydrogen) atoms. The Morgan fingerprint density at radius 3 is 2.64 bits per heavy atom. The van der Waals surface area contributed by atoms with Crippen LogP contribution in [0.3, 0.4) is 0 Å². The Bertz CT molecular complexity index is 1060. The Morgan fingerprint density at radius 1 is 1.07 bits per heavy atom. The molecule has 2 aromatic carbocycles. The monoisotopic (exact) mass is 392 g/mol. The van der Waals surface area contributed by atoms with E-state index in [-0.39, 0.29) is 11.5 Å². The second kappa shape index (κ2) is 6.42. The molecule has 3 aromatic rings. The summed E-state index contributed by atoms with van der Waals surface area (Å²) < 4.78 is 8.75. The first-order chi connectivity index (χ1) is 13.6. The highest BCUT2D eigenvalue weighted by molar-refractivity contribution is 6.31. The third-order valence-electron chi connectivity index (χ3n) is 5.92. The third kappa shape index (κ3) is 2.63. The van der Waals surface area contributed by atoms with E-state index in [0.717, 1.165) is 35.5 Å². The highest BCUT2D eigenvalue weighted by Gasteiger charge is 2.44. The van der Waals surface area contributed by atoms with Crippen LogP contribution in [0.25, 0.3) is 5.69 Å². The number of fused-ring (bicyclic) bond motifs is 4. The van der Waals surface area contributed by atoms with Crippen molar-refractivity contribution in [1.82, 2.24) is 9.47 Å². The van der Waals surface area contributed by atoms with E-state index in [9.17, 15) is 4.79 Å². The minimum Gasteiger partial charge on any atom is -0.479 e. The summed E-state index contributed by atoms with van der Waals surface area (Å²) in [4.78, 5) is 14.9. The average molecular weight is 393 g/mol. The van der Waals surface area contributed by atoms with Gasteiger partial charge in [0.25, 0.3) is 5.91 Å². The van der Waals surface area contributed by atoms with E-state index >= 15 is 0 Å². The van der Waals surface area contributed by atoms with Gasteiger partial charge in [-0.25, -0.2) is 0 Å². The molecule has 1 saturated heterocycles. The molecule has 5 heteroatoms. The van der Waals surface area contributed by atoms with Crippen LogP contribution in [0.1, 0.15) is 34.5 Å².